The number of para-hydroxylation sites is 1. The van der Waals surface area contributed by atoms with Crippen molar-refractivity contribution < 1.29 is 26.0 Å². The Labute approximate surface area is 186 Å². The number of hydrogen-bond acceptors (Lipinski definition) is 5. The van der Waals surface area contributed by atoms with Crippen molar-refractivity contribution in [2.45, 2.75) is 6.18 Å². The van der Waals surface area contributed by atoms with Crippen LogP contribution >= 0.6 is 11.3 Å². The molecule has 0 atom stereocenters. The maximum Gasteiger partial charge on any atom is 0.432 e. The highest BCUT2D eigenvalue weighted by atomic mass is 32.2. The summed E-state index contributed by atoms with van der Waals surface area (Å²) in [5.41, 5.74) is -0.766. The molecule has 0 radical (unpaired) electrons. The molecule has 0 aliphatic rings. The van der Waals surface area contributed by atoms with Crippen molar-refractivity contribution in [3.63, 3.8) is 0 Å². The predicted octanol–water partition coefficient (Wildman–Crippen LogP) is 5.96. The molecule has 0 saturated carbocycles. The molecule has 0 unspecified atom stereocenters. The van der Waals surface area contributed by atoms with Crippen LogP contribution in [0.5, 0.6) is 0 Å². The Kier molecular flexibility index (Phi) is 6.70. The lowest BCUT2D eigenvalue weighted by atomic mass is 10.1. The molecule has 0 fully saturated rings. The van der Waals surface area contributed by atoms with E-state index in [4.69, 9.17) is 5.41 Å². The van der Waals surface area contributed by atoms with E-state index >= 15 is 0 Å². The quantitative estimate of drug-likeness (QED) is 0.286. The molecule has 0 amide bonds. The Hall–Kier alpha value is -3.18. The van der Waals surface area contributed by atoms with Crippen LogP contribution in [-0.4, -0.2) is 26.6 Å². The lowest BCUT2D eigenvalue weighted by Crippen LogP contribution is -2.20. The minimum Gasteiger partial charge on any atom is -0.352 e. The van der Waals surface area contributed by atoms with E-state index in [1.54, 1.807) is 36.4 Å². The summed E-state index contributed by atoms with van der Waals surface area (Å²) in [6.45, 7) is 0. The van der Waals surface area contributed by atoms with Crippen LogP contribution in [0.1, 0.15) is 4.88 Å². The molecule has 0 aliphatic heterocycles. The lowest BCUT2D eigenvalue weighted by molar-refractivity contribution is -0.0583. The van der Waals surface area contributed by atoms with Crippen molar-refractivity contribution in [2.75, 3.05) is 16.3 Å². The zero-order valence-electron chi connectivity index (χ0n) is 16.5. The van der Waals surface area contributed by atoms with Crippen molar-refractivity contribution in [3.8, 4) is 10.4 Å². The van der Waals surface area contributed by atoms with Gasteiger partial charge in [0.1, 0.15) is 11.5 Å². The van der Waals surface area contributed by atoms with Gasteiger partial charge in [-0.3, -0.25) is 10.1 Å². The van der Waals surface area contributed by atoms with Crippen LogP contribution < -0.4 is 10.0 Å². The standard InChI is InChI=1S/C21H17F4N3O2S2/c1-32(29,30)28-14-6-4-5-13(11-14)18-9-10-19(31-18)17(12-20(26)21(23,24)25)27-16-8-3-2-7-15(16)22/h2-12,26-28H,1H3/b17-12-,26-20?. The molecule has 32 heavy (non-hydrogen) atoms. The average molecular weight is 484 g/mol. The normalized spacial score (nSPS) is 12.5. The van der Waals surface area contributed by atoms with Crippen molar-refractivity contribution in [3.05, 3.63) is 77.4 Å². The predicted molar refractivity (Wildman–Crippen MR) is 120 cm³/mol. The van der Waals surface area contributed by atoms with Gasteiger partial charge >= 0.3 is 6.18 Å². The lowest BCUT2D eigenvalue weighted by Gasteiger charge is -2.12. The summed E-state index contributed by atoms with van der Waals surface area (Å²) in [6.07, 6.45) is -3.25. The molecule has 5 nitrogen and oxygen atoms in total. The number of thiophene rings is 1. The van der Waals surface area contributed by atoms with E-state index in [1.807, 2.05) is 0 Å². The second-order valence-electron chi connectivity index (χ2n) is 6.69. The van der Waals surface area contributed by atoms with E-state index < -0.39 is 27.7 Å². The molecule has 0 saturated heterocycles. The Balaban J connectivity index is 1.99. The van der Waals surface area contributed by atoms with Crippen molar-refractivity contribution in [2.24, 2.45) is 0 Å². The molecular weight excluding hydrogens is 466 g/mol. The van der Waals surface area contributed by atoms with Gasteiger partial charge in [-0.1, -0.05) is 24.3 Å². The molecule has 0 bridgehead atoms. The van der Waals surface area contributed by atoms with Gasteiger partial charge in [-0.05, 0) is 48.0 Å². The van der Waals surface area contributed by atoms with Crippen LogP contribution in [0.25, 0.3) is 16.1 Å². The molecule has 168 valence electrons. The van der Waals surface area contributed by atoms with Gasteiger partial charge in [-0.25, -0.2) is 12.8 Å². The van der Waals surface area contributed by atoms with E-state index in [0.29, 0.717) is 27.1 Å². The summed E-state index contributed by atoms with van der Waals surface area (Å²) >= 11 is 1.10. The Bertz CT molecular complexity index is 1280. The fraction of sp³-hybridized carbons (Fsp3) is 0.0952. The van der Waals surface area contributed by atoms with Gasteiger partial charge in [0.2, 0.25) is 10.0 Å². The molecule has 3 rings (SSSR count). The topological polar surface area (TPSA) is 82.1 Å². The highest BCUT2D eigenvalue weighted by Gasteiger charge is 2.33. The maximum atomic E-state index is 14.1. The maximum absolute atomic E-state index is 14.1. The fourth-order valence-electron chi connectivity index (χ4n) is 2.69. The summed E-state index contributed by atoms with van der Waals surface area (Å²) in [5, 5.41) is 9.96. The summed E-state index contributed by atoms with van der Waals surface area (Å²) in [6, 6.07) is 15.2. The number of halogens is 4. The van der Waals surface area contributed by atoms with Crippen LogP contribution in [0, 0.1) is 11.2 Å². The monoisotopic (exact) mass is 483 g/mol. The van der Waals surface area contributed by atoms with E-state index in [-0.39, 0.29) is 11.4 Å². The number of nitrogens with one attached hydrogen (secondary N) is 3. The molecule has 0 aliphatic carbocycles. The zero-order chi connectivity index (χ0) is 23.5. The van der Waals surface area contributed by atoms with E-state index in [9.17, 15) is 26.0 Å². The van der Waals surface area contributed by atoms with Crippen molar-refractivity contribution in [1.82, 2.24) is 0 Å². The highest BCUT2D eigenvalue weighted by Crippen LogP contribution is 2.34. The first-order valence-corrected chi connectivity index (χ1v) is 11.7. The van der Waals surface area contributed by atoms with E-state index in [1.165, 1.54) is 18.2 Å². The smallest absolute Gasteiger partial charge is 0.352 e. The third kappa shape index (κ3) is 6.17. The Morgan fingerprint density at radius 2 is 1.78 bits per heavy atom. The van der Waals surface area contributed by atoms with Crippen molar-refractivity contribution >= 4 is 44.1 Å². The van der Waals surface area contributed by atoms with Crippen LogP contribution in [0.4, 0.5) is 28.9 Å². The summed E-state index contributed by atoms with van der Waals surface area (Å²) in [7, 11) is -3.48. The van der Waals surface area contributed by atoms with Gasteiger partial charge in [0.05, 0.1) is 22.5 Å². The number of rotatable bonds is 7. The summed E-state index contributed by atoms with van der Waals surface area (Å²) < 4.78 is 78.3. The summed E-state index contributed by atoms with van der Waals surface area (Å²) in [5.74, 6) is -0.659. The minimum atomic E-state index is -4.87. The molecule has 11 heteroatoms. The SMILES string of the molecule is CS(=O)(=O)Nc1cccc(-c2ccc(/C(=C/C(=N)C(F)(F)F)Nc3ccccc3F)s2)c1. The first kappa shape index (κ1) is 23.5. The second-order valence-corrected chi connectivity index (χ2v) is 9.53. The molecule has 2 aromatic carbocycles. The van der Waals surface area contributed by atoms with Crippen LogP contribution in [0.3, 0.4) is 0 Å². The Morgan fingerprint density at radius 1 is 1.06 bits per heavy atom. The first-order chi connectivity index (χ1) is 14.9. The minimum absolute atomic E-state index is 0.0389. The molecule has 1 aromatic heterocycles. The molecular formula is C21H17F4N3O2S2. The van der Waals surface area contributed by atoms with Gasteiger partial charge in [0, 0.05) is 10.6 Å². The average Bonchev–Trinajstić information content (AvgIpc) is 3.17. The van der Waals surface area contributed by atoms with Crippen LogP contribution in [0.15, 0.2) is 66.7 Å². The third-order valence-electron chi connectivity index (χ3n) is 4.06. The number of hydrogen-bond donors (Lipinski definition) is 3. The van der Waals surface area contributed by atoms with Gasteiger partial charge in [0.25, 0.3) is 0 Å². The Morgan fingerprint density at radius 3 is 2.44 bits per heavy atom. The number of sulfonamides is 1. The number of alkyl halides is 3. The van der Waals surface area contributed by atoms with E-state index in [0.717, 1.165) is 23.7 Å². The van der Waals surface area contributed by atoms with Crippen LogP contribution in [0.2, 0.25) is 0 Å². The van der Waals surface area contributed by atoms with Crippen molar-refractivity contribution in [1.29, 1.82) is 5.41 Å². The molecule has 3 aromatic rings. The first-order valence-electron chi connectivity index (χ1n) is 9.00. The number of anilines is 2. The number of allylic oxidation sites excluding steroid dienone is 1. The van der Waals surface area contributed by atoms with Crippen LogP contribution in [-0.2, 0) is 10.0 Å². The second kappa shape index (κ2) is 9.13. The summed E-state index contributed by atoms with van der Waals surface area (Å²) in [4.78, 5) is 0.968. The van der Waals surface area contributed by atoms with Gasteiger partial charge in [0.15, 0.2) is 0 Å². The van der Waals surface area contributed by atoms with Gasteiger partial charge < -0.3 is 5.32 Å². The molecule has 3 N–H and O–H groups in total. The molecule has 0 spiro atoms. The molecule has 1 heterocycles. The van der Waals surface area contributed by atoms with Gasteiger partial charge in [-0.2, -0.15) is 13.2 Å². The zero-order valence-corrected chi connectivity index (χ0v) is 18.1. The number of benzene rings is 2. The largest absolute Gasteiger partial charge is 0.432 e. The van der Waals surface area contributed by atoms with Gasteiger partial charge in [-0.15, -0.1) is 11.3 Å². The third-order valence-corrected chi connectivity index (χ3v) is 5.83. The fourth-order valence-corrected chi connectivity index (χ4v) is 4.22. The highest BCUT2D eigenvalue weighted by molar-refractivity contribution is 7.92. The van der Waals surface area contributed by atoms with E-state index in [2.05, 4.69) is 10.0 Å².